The Labute approximate surface area is 196 Å². The summed E-state index contributed by atoms with van der Waals surface area (Å²) in [6.45, 7) is 2.53. The summed E-state index contributed by atoms with van der Waals surface area (Å²) < 4.78 is 35.3. The van der Waals surface area contributed by atoms with E-state index in [4.69, 9.17) is 30.5 Å². The van der Waals surface area contributed by atoms with Crippen molar-refractivity contribution in [2.24, 2.45) is 0 Å². The monoisotopic (exact) mass is 477 g/mol. The summed E-state index contributed by atoms with van der Waals surface area (Å²) in [6, 6.07) is 7.22. The SMILES string of the molecule is COc1ccc(/C=C/C(=O)N2CCOC(COc3ccc(F)cc3C(C)=O)C2)c(Cl)c1OC. The molecule has 1 unspecified atom stereocenters. The largest absolute Gasteiger partial charge is 0.493 e. The lowest BCUT2D eigenvalue weighted by atomic mass is 10.1. The second-order valence-electron chi connectivity index (χ2n) is 7.32. The van der Waals surface area contributed by atoms with Crippen LogP contribution in [0.25, 0.3) is 6.08 Å². The minimum absolute atomic E-state index is 0.112. The first-order valence-electron chi connectivity index (χ1n) is 10.3. The van der Waals surface area contributed by atoms with E-state index in [0.29, 0.717) is 41.8 Å². The molecule has 1 saturated heterocycles. The molecule has 3 rings (SSSR count). The van der Waals surface area contributed by atoms with Crippen molar-refractivity contribution in [2.45, 2.75) is 13.0 Å². The standard InChI is InChI=1S/C24H25ClFNO6/c1-15(28)19-12-17(26)6-8-20(19)33-14-18-13-27(10-11-32-18)22(29)9-5-16-4-7-21(30-2)24(31-3)23(16)25/h4-9,12,18H,10-11,13-14H2,1-3H3/b9-5+. The number of amides is 1. The van der Waals surface area contributed by atoms with Crippen molar-refractivity contribution in [3.63, 3.8) is 0 Å². The summed E-state index contributed by atoms with van der Waals surface area (Å²) >= 11 is 6.36. The highest BCUT2D eigenvalue weighted by Gasteiger charge is 2.24. The molecule has 0 spiro atoms. The van der Waals surface area contributed by atoms with Crippen molar-refractivity contribution in [1.29, 1.82) is 0 Å². The molecule has 176 valence electrons. The molecule has 0 radical (unpaired) electrons. The van der Waals surface area contributed by atoms with Crippen LogP contribution in [0, 0.1) is 5.82 Å². The van der Waals surface area contributed by atoms with Crippen molar-refractivity contribution in [1.82, 2.24) is 4.90 Å². The van der Waals surface area contributed by atoms with Crippen LogP contribution in [0.2, 0.25) is 5.02 Å². The average Bonchev–Trinajstić information content (AvgIpc) is 2.82. The van der Waals surface area contributed by atoms with E-state index in [1.807, 2.05) is 0 Å². The molecule has 1 aliphatic heterocycles. The maximum atomic E-state index is 13.4. The molecule has 1 aliphatic rings. The summed E-state index contributed by atoms with van der Waals surface area (Å²) in [7, 11) is 3.01. The van der Waals surface area contributed by atoms with Crippen molar-refractivity contribution in [2.75, 3.05) is 40.5 Å². The predicted molar refractivity (Wildman–Crippen MR) is 122 cm³/mol. The zero-order chi connectivity index (χ0) is 24.0. The van der Waals surface area contributed by atoms with E-state index in [-0.39, 0.29) is 29.6 Å². The number of ketones is 1. The molecule has 0 aromatic heterocycles. The van der Waals surface area contributed by atoms with Crippen LogP contribution in [-0.4, -0.2) is 63.2 Å². The second-order valence-corrected chi connectivity index (χ2v) is 7.70. The Hall–Kier alpha value is -3.10. The fourth-order valence-corrected chi connectivity index (χ4v) is 3.70. The highest BCUT2D eigenvalue weighted by Crippen LogP contribution is 2.37. The molecule has 1 fully saturated rings. The predicted octanol–water partition coefficient (Wildman–Crippen LogP) is 4.02. The number of Topliss-reactive ketones (excluding diaryl/α,β-unsaturated/α-hetero) is 1. The number of nitrogens with zero attached hydrogens (tertiary/aromatic N) is 1. The van der Waals surface area contributed by atoms with E-state index < -0.39 is 11.9 Å². The first-order valence-corrected chi connectivity index (χ1v) is 10.6. The normalized spacial score (nSPS) is 16.0. The van der Waals surface area contributed by atoms with Crippen LogP contribution in [-0.2, 0) is 9.53 Å². The zero-order valence-electron chi connectivity index (χ0n) is 18.6. The number of rotatable bonds is 8. The van der Waals surface area contributed by atoms with Crippen LogP contribution >= 0.6 is 11.6 Å². The molecule has 1 amide bonds. The zero-order valence-corrected chi connectivity index (χ0v) is 19.4. The summed E-state index contributed by atoms with van der Waals surface area (Å²) in [6.07, 6.45) is 2.65. The van der Waals surface area contributed by atoms with E-state index in [0.717, 1.165) is 6.07 Å². The van der Waals surface area contributed by atoms with E-state index in [9.17, 15) is 14.0 Å². The first kappa shape index (κ1) is 24.5. The molecule has 1 atom stereocenters. The Kier molecular flexibility index (Phi) is 8.30. The number of methoxy groups -OCH3 is 2. The van der Waals surface area contributed by atoms with Crippen molar-refractivity contribution < 1.29 is 32.9 Å². The van der Waals surface area contributed by atoms with Gasteiger partial charge in [0, 0.05) is 12.6 Å². The van der Waals surface area contributed by atoms with Crippen LogP contribution in [0.3, 0.4) is 0 Å². The Morgan fingerprint density at radius 2 is 1.97 bits per heavy atom. The highest BCUT2D eigenvalue weighted by molar-refractivity contribution is 6.33. The van der Waals surface area contributed by atoms with Gasteiger partial charge in [-0.05, 0) is 48.9 Å². The number of ether oxygens (including phenoxy) is 4. The first-order chi connectivity index (χ1) is 15.8. The number of morpholine rings is 1. The number of halogens is 2. The van der Waals surface area contributed by atoms with Gasteiger partial charge in [0.25, 0.3) is 0 Å². The Bertz CT molecular complexity index is 1060. The fourth-order valence-electron chi connectivity index (χ4n) is 3.41. The number of hydrogen-bond donors (Lipinski definition) is 0. The molecule has 33 heavy (non-hydrogen) atoms. The van der Waals surface area contributed by atoms with Crippen LogP contribution in [0.4, 0.5) is 4.39 Å². The lowest BCUT2D eigenvalue weighted by Crippen LogP contribution is -2.47. The third-order valence-corrected chi connectivity index (χ3v) is 5.51. The van der Waals surface area contributed by atoms with Crippen LogP contribution in [0.15, 0.2) is 36.4 Å². The number of carbonyl (C=O) groups excluding carboxylic acids is 2. The number of hydrogen-bond acceptors (Lipinski definition) is 6. The molecule has 0 saturated carbocycles. The molecular formula is C24H25ClFNO6. The van der Waals surface area contributed by atoms with Gasteiger partial charge in [-0.25, -0.2) is 4.39 Å². The third kappa shape index (κ3) is 6.03. The summed E-state index contributed by atoms with van der Waals surface area (Å²) in [5.74, 6) is 0.142. The molecule has 0 bridgehead atoms. The lowest BCUT2D eigenvalue weighted by Gasteiger charge is -2.32. The Morgan fingerprint density at radius 3 is 2.67 bits per heavy atom. The fraction of sp³-hybridized carbons (Fsp3) is 0.333. The van der Waals surface area contributed by atoms with Gasteiger partial charge in [0.2, 0.25) is 5.91 Å². The van der Waals surface area contributed by atoms with Crippen molar-refractivity contribution >= 4 is 29.4 Å². The van der Waals surface area contributed by atoms with E-state index >= 15 is 0 Å². The van der Waals surface area contributed by atoms with Gasteiger partial charge < -0.3 is 23.8 Å². The Balaban J connectivity index is 1.63. The van der Waals surface area contributed by atoms with Gasteiger partial charge in [-0.1, -0.05) is 11.6 Å². The molecule has 2 aromatic carbocycles. The number of carbonyl (C=O) groups is 2. The maximum Gasteiger partial charge on any atom is 0.246 e. The molecule has 1 heterocycles. The van der Waals surface area contributed by atoms with E-state index in [2.05, 4.69) is 0 Å². The average molecular weight is 478 g/mol. The summed E-state index contributed by atoms with van der Waals surface area (Å²) in [4.78, 5) is 26.1. The van der Waals surface area contributed by atoms with Crippen LogP contribution in [0.5, 0.6) is 17.2 Å². The van der Waals surface area contributed by atoms with Gasteiger partial charge in [-0.3, -0.25) is 9.59 Å². The molecule has 2 aromatic rings. The summed E-state index contributed by atoms with van der Waals surface area (Å²) in [5, 5.41) is 0.342. The second kappa shape index (κ2) is 11.2. The Morgan fingerprint density at radius 1 is 1.21 bits per heavy atom. The van der Waals surface area contributed by atoms with Gasteiger partial charge in [0.15, 0.2) is 17.3 Å². The van der Waals surface area contributed by atoms with Crippen molar-refractivity contribution in [3.8, 4) is 17.2 Å². The topological polar surface area (TPSA) is 74.3 Å². The van der Waals surface area contributed by atoms with Gasteiger partial charge in [-0.2, -0.15) is 0 Å². The van der Waals surface area contributed by atoms with Crippen LogP contribution in [0.1, 0.15) is 22.8 Å². The summed E-state index contributed by atoms with van der Waals surface area (Å²) in [5.41, 5.74) is 0.775. The molecule has 0 aliphatic carbocycles. The van der Waals surface area contributed by atoms with Crippen LogP contribution < -0.4 is 14.2 Å². The highest BCUT2D eigenvalue weighted by atomic mass is 35.5. The van der Waals surface area contributed by atoms with Gasteiger partial charge in [-0.15, -0.1) is 0 Å². The minimum atomic E-state index is -0.514. The van der Waals surface area contributed by atoms with E-state index in [1.54, 1.807) is 23.1 Å². The molecular weight excluding hydrogens is 453 g/mol. The quantitative estimate of drug-likeness (QED) is 0.422. The van der Waals surface area contributed by atoms with Gasteiger partial charge >= 0.3 is 0 Å². The smallest absolute Gasteiger partial charge is 0.246 e. The molecule has 9 heteroatoms. The lowest BCUT2D eigenvalue weighted by molar-refractivity contribution is -0.134. The van der Waals surface area contributed by atoms with Crippen molar-refractivity contribution in [3.05, 3.63) is 58.4 Å². The number of benzene rings is 2. The van der Waals surface area contributed by atoms with Gasteiger partial charge in [0.1, 0.15) is 24.3 Å². The molecule has 0 N–H and O–H groups in total. The molecule has 7 nitrogen and oxygen atoms in total. The third-order valence-electron chi connectivity index (χ3n) is 5.12. The minimum Gasteiger partial charge on any atom is -0.493 e. The van der Waals surface area contributed by atoms with E-state index in [1.165, 1.54) is 39.4 Å². The maximum absolute atomic E-state index is 13.4. The van der Waals surface area contributed by atoms with Gasteiger partial charge in [0.05, 0.1) is 38.0 Å².